The average Bonchev–Trinajstić information content (AvgIpc) is 2.58. The third-order valence-electron chi connectivity index (χ3n) is 3.56. The van der Waals surface area contributed by atoms with E-state index in [1.807, 2.05) is 7.05 Å². The molecule has 0 saturated heterocycles. The van der Waals surface area contributed by atoms with Gasteiger partial charge in [0.15, 0.2) is 0 Å². The molecule has 0 aliphatic carbocycles. The Bertz CT molecular complexity index is 594. The molecule has 2 aromatic rings. The van der Waals surface area contributed by atoms with Crippen LogP contribution < -0.4 is 5.73 Å². The van der Waals surface area contributed by atoms with Gasteiger partial charge in [-0.25, -0.2) is 0 Å². The Morgan fingerprint density at radius 2 is 1.89 bits per heavy atom. The molecule has 0 aliphatic rings. The van der Waals surface area contributed by atoms with E-state index in [1.165, 1.54) is 16.7 Å². The molecule has 0 aliphatic heterocycles. The molecule has 1 aromatic carbocycles. The van der Waals surface area contributed by atoms with Crippen molar-refractivity contribution in [3.63, 3.8) is 0 Å². The molecule has 0 amide bonds. The molecule has 3 heteroatoms. The van der Waals surface area contributed by atoms with Gasteiger partial charge in [0, 0.05) is 12.6 Å². The first-order chi connectivity index (χ1) is 8.90. The van der Waals surface area contributed by atoms with Gasteiger partial charge >= 0.3 is 0 Å². The SMILES string of the molecule is Cc1ccc(-c2c(CC(C)C)nn(C)c2N)cc1C. The lowest BCUT2D eigenvalue weighted by molar-refractivity contribution is 0.622. The smallest absolute Gasteiger partial charge is 0.129 e. The number of hydrogen-bond donors (Lipinski definition) is 1. The maximum absolute atomic E-state index is 6.20. The Morgan fingerprint density at radius 1 is 1.21 bits per heavy atom. The lowest BCUT2D eigenvalue weighted by Crippen LogP contribution is -1.98. The van der Waals surface area contributed by atoms with E-state index in [2.05, 4.69) is 51.0 Å². The monoisotopic (exact) mass is 257 g/mol. The number of aromatic nitrogens is 2. The molecule has 3 nitrogen and oxygen atoms in total. The van der Waals surface area contributed by atoms with Crippen molar-refractivity contribution in [1.29, 1.82) is 0 Å². The Morgan fingerprint density at radius 3 is 2.47 bits per heavy atom. The van der Waals surface area contributed by atoms with Gasteiger partial charge in [0.2, 0.25) is 0 Å². The highest BCUT2D eigenvalue weighted by molar-refractivity contribution is 5.77. The molecule has 0 fully saturated rings. The van der Waals surface area contributed by atoms with Crippen molar-refractivity contribution in [1.82, 2.24) is 9.78 Å². The summed E-state index contributed by atoms with van der Waals surface area (Å²) in [7, 11) is 1.91. The topological polar surface area (TPSA) is 43.8 Å². The summed E-state index contributed by atoms with van der Waals surface area (Å²) in [6.45, 7) is 8.67. The van der Waals surface area contributed by atoms with E-state index in [4.69, 9.17) is 5.73 Å². The molecule has 1 heterocycles. The van der Waals surface area contributed by atoms with Gasteiger partial charge in [0.1, 0.15) is 5.82 Å². The second-order valence-electron chi connectivity index (χ2n) is 5.73. The molecule has 0 bridgehead atoms. The van der Waals surface area contributed by atoms with Gasteiger partial charge in [-0.2, -0.15) is 5.10 Å². The number of hydrogen-bond acceptors (Lipinski definition) is 2. The molecule has 102 valence electrons. The molecule has 19 heavy (non-hydrogen) atoms. The normalized spacial score (nSPS) is 11.3. The molecule has 0 atom stereocenters. The highest BCUT2D eigenvalue weighted by Crippen LogP contribution is 2.31. The van der Waals surface area contributed by atoms with Crippen molar-refractivity contribution >= 4 is 5.82 Å². The van der Waals surface area contributed by atoms with Crippen LogP contribution in [0.2, 0.25) is 0 Å². The minimum absolute atomic E-state index is 0.569. The number of aryl methyl sites for hydroxylation is 3. The first kappa shape index (κ1) is 13.7. The van der Waals surface area contributed by atoms with Crippen LogP contribution in [-0.2, 0) is 13.5 Å². The van der Waals surface area contributed by atoms with E-state index in [0.717, 1.165) is 23.5 Å². The van der Waals surface area contributed by atoms with Gasteiger partial charge < -0.3 is 5.73 Å². The van der Waals surface area contributed by atoms with E-state index < -0.39 is 0 Å². The molecule has 0 unspecified atom stereocenters. The Balaban J connectivity index is 2.56. The summed E-state index contributed by atoms with van der Waals surface area (Å²) in [5.41, 5.74) is 12.2. The maximum atomic E-state index is 6.20. The number of anilines is 1. The molecular formula is C16H23N3. The minimum Gasteiger partial charge on any atom is -0.383 e. The highest BCUT2D eigenvalue weighted by atomic mass is 15.3. The van der Waals surface area contributed by atoms with Crippen LogP contribution in [0.5, 0.6) is 0 Å². The Labute approximate surface area is 115 Å². The van der Waals surface area contributed by atoms with Crippen LogP contribution in [0.3, 0.4) is 0 Å². The van der Waals surface area contributed by atoms with Crippen molar-refractivity contribution in [3.05, 3.63) is 35.0 Å². The first-order valence-electron chi connectivity index (χ1n) is 6.79. The predicted octanol–water partition coefficient (Wildman–Crippen LogP) is 3.48. The van der Waals surface area contributed by atoms with Crippen molar-refractivity contribution in [3.8, 4) is 11.1 Å². The number of nitrogen functional groups attached to an aromatic ring is 1. The predicted molar refractivity (Wildman–Crippen MR) is 81.1 cm³/mol. The fourth-order valence-electron chi connectivity index (χ4n) is 2.34. The molecule has 0 radical (unpaired) electrons. The molecule has 2 N–H and O–H groups in total. The van der Waals surface area contributed by atoms with E-state index in [0.29, 0.717) is 5.92 Å². The number of nitrogens with two attached hydrogens (primary N) is 1. The summed E-state index contributed by atoms with van der Waals surface area (Å²) < 4.78 is 1.78. The Kier molecular flexibility index (Phi) is 3.65. The van der Waals surface area contributed by atoms with Crippen LogP contribution in [0.15, 0.2) is 18.2 Å². The van der Waals surface area contributed by atoms with Crippen LogP contribution in [0.4, 0.5) is 5.82 Å². The van der Waals surface area contributed by atoms with Crippen molar-refractivity contribution in [2.75, 3.05) is 5.73 Å². The molecular weight excluding hydrogens is 234 g/mol. The zero-order valence-electron chi connectivity index (χ0n) is 12.5. The summed E-state index contributed by atoms with van der Waals surface area (Å²) in [4.78, 5) is 0. The Hall–Kier alpha value is -1.77. The van der Waals surface area contributed by atoms with Gasteiger partial charge in [-0.05, 0) is 42.9 Å². The van der Waals surface area contributed by atoms with Crippen LogP contribution in [-0.4, -0.2) is 9.78 Å². The van der Waals surface area contributed by atoms with Crippen LogP contribution in [0, 0.1) is 19.8 Å². The fourth-order valence-corrected chi connectivity index (χ4v) is 2.34. The van der Waals surface area contributed by atoms with E-state index in [9.17, 15) is 0 Å². The molecule has 0 spiro atoms. The van der Waals surface area contributed by atoms with E-state index >= 15 is 0 Å². The fraction of sp³-hybridized carbons (Fsp3) is 0.438. The minimum atomic E-state index is 0.569. The van der Waals surface area contributed by atoms with Crippen LogP contribution in [0.25, 0.3) is 11.1 Å². The van der Waals surface area contributed by atoms with Gasteiger partial charge in [-0.15, -0.1) is 0 Å². The quantitative estimate of drug-likeness (QED) is 0.914. The second-order valence-corrected chi connectivity index (χ2v) is 5.73. The second kappa shape index (κ2) is 5.08. The molecule has 0 saturated carbocycles. The molecule has 2 rings (SSSR count). The molecule has 1 aromatic heterocycles. The van der Waals surface area contributed by atoms with Gasteiger partial charge in [-0.1, -0.05) is 32.0 Å². The first-order valence-corrected chi connectivity index (χ1v) is 6.79. The largest absolute Gasteiger partial charge is 0.383 e. The van der Waals surface area contributed by atoms with Crippen LogP contribution >= 0.6 is 0 Å². The van der Waals surface area contributed by atoms with Crippen molar-refractivity contribution < 1.29 is 0 Å². The summed E-state index contributed by atoms with van der Waals surface area (Å²) in [5.74, 6) is 1.32. The number of benzene rings is 1. The maximum Gasteiger partial charge on any atom is 0.129 e. The lowest BCUT2D eigenvalue weighted by Gasteiger charge is -2.08. The number of rotatable bonds is 3. The van der Waals surface area contributed by atoms with Crippen molar-refractivity contribution in [2.24, 2.45) is 13.0 Å². The van der Waals surface area contributed by atoms with Gasteiger partial charge in [-0.3, -0.25) is 4.68 Å². The third kappa shape index (κ3) is 2.65. The van der Waals surface area contributed by atoms with E-state index in [1.54, 1.807) is 4.68 Å². The summed E-state index contributed by atoms with van der Waals surface area (Å²) in [6.07, 6.45) is 0.952. The van der Waals surface area contributed by atoms with Crippen molar-refractivity contribution in [2.45, 2.75) is 34.1 Å². The van der Waals surface area contributed by atoms with E-state index in [-0.39, 0.29) is 0 Å². The third-order valence-corrected chi connectivity index (χ3v) is 3.56. The summed E-state index contributed by atoms with van der Waals surface area (Å²) in [6, 6.07) is 6.49. The van der Waals surface area contributed by atoms with Gasteiger partial charge in [0.25, 0.3) is 0 Å². The zero-order valence-corrected chi connectivity index (χ0v) is 12.5. The standard InChI is InChI=1S/C16H23N3/c1-10(2)8-14-15(16(17)19(5)18-14)13-7-6-11(3)12(4)9-13/h6-7,9-10H,8,17H2,1-5H3. The van der Waals surface area contributed by atoms with Gasteiger partial charge in [0.05, 0.1) is 5.69 Å². The number of nitrogens with zero attached hydrogens (tertiary/aromatic N) is 2. The summed E-state index contributed by atoms with van der Waals surface area (Å²) >= 11 is 0. The highest BCUT2D eigenvalue weighted by Gasteiger charge is 2.16. The van der Waals surface area contributed by atoms with Crippen LogP contribution in [0.1, 0.15) is 30.7 Å². The average molecular weight is 257 g/mol. The lowest BCUT2D eigenvalue weighted by atomic mass is 9.97. The zero-order chi connectivity index (χ0) is 14.2. The summed E-state index contributed by atoms with van der Waals surface area (Å²) in [5, 5.41) is 4.57.